The van der Waals surface area contributed by atoms with E-state index in [-0.39, 0.29) is 0 Å². The molecule has 0 spiro atoms. The van der Waals surface area contributed by atoms with E-state index in [1.54, 1.807) is 6.20 Å². The number of halogens is 1. The number of nitrogens with one attached hydrogen (secondary N) is 1. The fourth-order valence-corrected chi connectivity index (χ4v) is 2.94. The number of H-pyrrole nitrogens is 1. The number of nitrogens with two attached hydrogens (primary N) is 1. The molecule has 1 aromatic carbocycles. The number of hydrogen-bond acceptors (Lipinski definition) is 4. The number of aromatic amines is 1. The zero-order chi connectivity index (χ0) is 13.4. The lowest BCUT2D eigenvalue weighted by Crippen LogP contribution is -2.05. The minimum Gasteiger partial charge on any atom is -0.493 e. The molecule has 1 aliphatic rings. The van der Waals surface area contributed by atoms with Crippen molar-refractivity contribution in [2.24, 2.45) is 0 Å². The monoisotopic (exact) mass is 323 g/mol. The number of aliphatic hydroxyl groups is 1. The van der Waals surface area contributed by atoms with Gasteiger partial charge in [0.05, 0.1) is 18.9 Å². The van der Waals surface area contributed by atoms with Crippen LogP contribution >= 0.6 is 15.9 Å². The van der Waals surface area contributed by atoms with Gasteiger partial charge >= 0.3 is 0 Å². The van der Waals surface area contributed by atoms with Gasteiger partial charge in [0.2, 0.25) is 0 Å². The fourth-order valence-electron chi connectivity index (χ4n) is 2.39. The predicted octanol–water partition coefficient (Wildman–Crippen LogP) is 1.97. The molecule has 1 atom stereocenters. The molecule has 0 radical (unpaired) electrons. The van der Waals surface area contributed by atoms with Gasteiger partial charge in [-0.15, -0.1) is 0 Å². The average Bonchev–Trinajstić information content (AvgIpc) is 2.97. The van der Waals surface area contributed by atoms with Crippen LogP contribution in [-0.4, -0.2) is 21.9 Å². The number of rotatable bonds is 3. The third-order valence-electron chi connectivity index (χ3n) is 3.30. The van der Waals surface area contributed by atoms with Gasteiger partial charge < -0.3 is 15.6 Å². The van der Waals surface area contributed by atoms with Gasteiger partial charge in [0.25, 0.3) is 0 Å². The second kappa shape index (κ2) is 4.86. The largest absolute Gasteiger partial charge is 0.493 e. The Hall–Kier alpha value is -1.53. The molecule has 4 N–H and O–H groups in total. The van der Waals surface area contributed by atoms with E-state index in [2.05, 4.69) is 32.2 Å². The van der Waals surface area contributed by atoms with Crippen molar-refractivity contribution in [1.29, 1.82) is 0 Å². The van der Waals surface area contributed by atoms with Crippen molar-refractivity contribution in [3.05, 3.63) is 39.5 Å². The molecule has 0 saturated heterocycles. The molecular formula is C13H14BrN3O2. The lowest BCUT2D eigenvalue weighted by atomic mass is 10.00. The zero-order valence-electron chi connectivity index (χ0n) is 10.2. The number of nitrogen functional groups attached to an aromatic ring is 1. The van der Waals surface area contributed by atoms with Gasteiger partial charge in [-0.3, -0.25) is 5.10 Å². The first-order chi connectivity index (χ1) is 9.15. The Labute approximate surface area is 118 Å². The topological polar surface area (TPSA) is 84.2 Å². The summed E-state index contributed by atoms with van der Waals surface area (Å²) >= 11 is 3.49. The molecule has 19 heavy (non-hydrogen) atoms. The molecule has 0 aliphatic carbocycles. The molecule has 2 aromatic rings. The minimum atomic E-state index is -0.693. The summed E-state index contributed by atoms with van der Waals surface area (Å²) in [5.41, 5.74) is 8.50. The highest BCUT2D eigenvalue weighted by atomic mass is 79.9. The molecule has 100 valence electrons. The maximum atomic E-state index is 10.3. The van der Waals surface area contributed by atoms with E-state index < -0.39 is 6.10 Å². The van der Waals surface area contributed by atoms with Gasteiger partial charge in [-0.05, 0) is 23.3 Å². The summed E-state index contributed by atoms with van der Waals surface area (Å²) in [6, 6.07) is 4.04. The molecule has 1 unspecified atom stereocenters. The summed E-state index contributed by atoms with van der Waals surface area (Å²) in [6.45, 7) is 0.697. The first-order valence-corrected chi connectivity index (χ1v) is 6.85. The Bertz CT molecular complexity index is 612. The average molecular weight is 324 g/mol. The number of hydrogen-bond donors (Lipinski definition) is 3. The summed E-state index contributed by atoms with van der Waals surface area (Å²) < 4.78 is 6.65. The molecule has 0 amide bonds. The van der Waals surface area contributed by atoms with Crippen LogP contribution in [0.15, 0.2) is 22.8 Å². The molecule has 0 bridgehead atoms. The van der Waals surface area contributed by atoms with Crippen molar-refractivity contribution in [1.82, 2.24) is 10.2 Å². The highest BCUT2D eigenvalue weighted by molar-refractivity contribution is 9.10. The Morgan fingerprint density at radius 1 is 1.53 bits per heavy atom. The van der Waals surface area contributed by atoms with Crippen LogP contribution < -0.4 is 10.5 Å². The van der Waals surface area contributed by atoms with Crippen LogP contribution in [0.25, 0.3) is 0 Å². The zero-order valence-corrected chi connectivity index (χ0v) is 11.8. The number of aromatic nitrogens is 2. The summed E-state index contributed by atoms with van der Waals surface area (Å²) in [4.78, 5) is 0. The summed E-state index contributed by atoms with van der Waals surface area (Å²) in [5.74, 6) is 1.30. The molecule has 5 nitrogen and oxygen atoms in total. The van der Waals surface area contributed by atoms with E-state index in [1.807, 2.05) is 6.07 Å². The summed E-state index contributed by atoms with van der Waals surface area (Å²) in [7, 11) is 0. The molecule has 6 heteroatoms. The van der Waals surface area contributed by atoms with Gasteiger partial charge in [0.1, 0.15) is 11.6 Å². The predicted molar refractivity (Wildman–Crippen MR) is 75.0 cm³/mol. The van der Waals surface area contributed by atoms with Crippen LogP contribution in [0.3, 0.4) is 0 Å². The van der Waals surface area contributed by atoms with Crippen LogP contribution in [-0.2, 0) is 12.8 Å². The first kappa shape index (κ1) is 12.5. The Morgan fingerprint density at radius 2 is 2.37 bits per heavy atom. The number of ether oxygens (including phenoxy) is 1. The number of anilines is 1. The first-order valence-electron chi connectivity index (χ1n) is 6.06. The van der Waals surface area contributed by atoms with E-state index in [0.29, 0.717) is 24.4 Å². The van der Waals surface area contributed by atoms with Crippen LogP contribution in [0.5, 0.6) is 5.75 Å². The van der Waals surface area contributed by atoms with E-state index in [1.165, 1.54) is 5.56 Å². The minimum absolute atomic E-state index is 0.403. The van der Waals surface area contributed by atoms with Crippen LogP contribution in [0.4, 0.5) is 5.82 Å². The maximum absolute atomic E-state index is 10.3. The standard InChI is InChI=1S/C13H14BrN3O2/c14-9-3-7-1-2-19-12(7)8(4-9)5-11(18)10-6-16-17-13(10)15/h3-4,6,11,18H,1-2,5H2,(H3,15,16,17). The summed E-state index contributed by atoms with van der Waals surface area (Å²) in [6.07, 6.45) is 2.22. The van der Waals surface area contributed by atoms with Gasteiger partial charge in [0, 0.05) is 22.9 Å². The van der Waals surface area contributed by atoms with Crippen molar-refractivity contribution in [2.45, 2.75) is 18.9 Å². The third kappa shape index (κ3) is 2.33. The van der Waals surface area contributed by atoms with Crippen molar-refractivity contribution < 1.29 is 9.84 Å². The Morgan fingerprint density at radius 3 is 3.11 bits per heavy atom. The molecular weight excluding hydrogens is 310 g/mol. The molecule has 1 aromatic heterocycles. The van der Waals surface area contributed by atoms with Gasteiger partial charge in [-0.1, -0.05) is 15.9 Å². The molecule has 3 rings (SSSR count). The van der Waals surface area contributed by atoms with Crippen LogP contribution in [0, 0.1) is 0 Å². The SMILES string of the molecule is Nc1[nH]ncc1C(O)Cc1cc(Br)cc2c1OCC2. The lowest BCUT2D eigenvalue weighted by molar-refractivity contribution is 0.178. The molecule has 0 saturated carbocycles. The van der Waals surface area contributed by atoms with Crippen molar-refractivity contribution in [3.8, 4) is 5.75 Å². The van der Waals surface area contributed by atoms with Gasteiger partial charge in [-0.25, -0.2) is 0 Å². The lowest BCUT2D eigenvalue weighted by Gasteiger charge is -2.13. The molecule has 2 heterocycles. The van der Waals surface area contributed by atoms with Gasteiger partial charge in [0.15, 0.2) is 0 Å². The number of benzene rings is 1. The third-order valence-corrected chi connectivity index (χ3v) is 3.76. The Kier molecular flexibility index (Phi) is 3.20. The number of fused-ring (bicyclic) bond motifs is 1. The second-order valence-corrected chi connectivity index (χ2v) is 5.53. The van der Waals surface area contributed by atoms with Crippen LogP contribution in [0.1, 0.15) is 22.8 Å². The summed E-state index contributed by atoms with van der Waals surface area (Å²) in [5, 5.41) is 16.7. The fraction of sp³-hybridized carbons (Fsp3) is 0.308. The quantitative estimate of drug-likeness (QED) is 0.806. The second-order valence-electron chi connectivity index (χ2n) is 4.61. The highest BCUT2D eigenvalue weighted by Crippen LogP contribution is 2.35. The molecule has 1 aliphatic heterocycles. The maximum Gasteiger partial charge on any atom is 0.125 e. The number of nitrogens with zero attached hydrogens (tertiary/aromatic N) is 1. The number of aliphatic hydroxyl groups excluding tert-OH is 1. The highest BCUT2D eigenvalue weighted by Gasteiger charge is 2.21. The van der Waals surface area contributed by atoms with Crippen molar-refractivity contribution >= 4 is 21.7 Å². The normalized spacial score (nSPS) is 15.1. The van der Waals surface area contributed by atoms with E-state index in [9.17, 15) is 5.11 Å². The Balaban J connectivity index is 1.90. The van der Waals surface area contributed by atoms with E-state index in [4.69, 9.17) is 10.5 Å². The van der Waals surface area contributed by atoms with E-state index >= 15 is 0 Å². The van der Waals surface area contributed by atoms with Gasteiger partial charge in [-0.2, -0.15) is 5.10 Å². The molecule has 0 fully saturated rings. The van der Waals surface area contributed by atoms with Crippen molar-refractivity contribution in [2.75, 3.05) is 12.3 Å². The smallest absolute Gasteiger partial charge is 0.125 e. The van der Waals surface area contributed by atoms with E-state index in [0.717, 1.165) is 22.2 Å². The van der Waals surface area contributed by atoms with Crippen molar-refractivity contribution in [3.63, 3.8) is 0 Å². The van der Waals surface area contributed by atoms with Crippen LogP contribution in [0.2, 0.25) is 0 Å².